The zero-order chi connectivity index (χ0) is 15.1. The van der Waals surface area contributed by atoms with Crippen molar-refractivity contribution in [2.45, 2.75) is 39.2 Å². The van der Waals surface area contributed by atoms with Crippen molar-refractivity contribution in [2.24, 2.45) is 5.92 Å². The predicted octanol–water partition coefficient (Wildman–Crippen LogP) is 0.407. The topological polar surface area (TPSA) is 98.7 Å². The Balaban J connectivity index is 2.34. The van der Waals surface area contributed by atoms with Crippen LogP contribution in [0.15, 0.2) is 0 Å². The van der Waals surface area contributed by atoms with Crippen molar-refractivity contribution in [1.82, 2.24) is 15.5 Å². The molecule has 3 N–H and O–H groups in total. The Kier molecular flexibility index (Phi) is 6.44. The molecule has 1 rings (SSSR count). The molecule has 0 aliphatic carbocycles. The van der Waals surface area contributed by atoms with Crippen LogP contribution in [0.1, 0.15) is 33.1 Å². The average Bonchev–Trinajstić information content (AvgIpc) is 2.26. The Hall–Kier alpha value is -1.63. The summed E-state index contributed by atoms with van der Waals surface area (Å²) in [6.07, 6.45) is 1.88. The molecule has 0 aromatic carbocycles. The monoisotopic (exact) mass is 285 g/mol. The van der Waals surface area contributed by atoms with Crippen molar-refractivity contribution >= 4 is 17.9 Å². The quantitative estimate of drug-likeness (QED) is 0.679. The van der Waals surface area contributed by atoms with E-state index in [9.17, 15) is 14.4 Å². The second-order valence-electron chi connectivity index (χ2n) is 5.52. The number of imide groups is 1. The minimum absolute atomic E-state index is 0.0299. The normalized spacial score (nSPS) is 19.6. The van der Waals surface area contributed by atoms with E-state index in [-0.39, 0.29) is 30.8 Å². The Morgan fingerprint density at radius 1 is 1.35 bits per heavy atom. The number of carbonyl (C=O) groups excluding carboxylic acids is 2. The molecule has 1 unspecified atom stereocenters. The lowest BCUT2D eigenvalue weighted by molar-refractivity contribution is -0.138. The summed E-state index contributed by atoms with van der Waals surface area (Å²) in [5, 5.41) is 13.6. The van der Waals surface area contributed by atoms with Crippen LogP contribution in [-0.2, 0) is 9.59 Å². The van der Waals surface area contributed by atoms with Gasteiger partial charge in [-0.15, -0.1) is 0 Å². The minimum Gasteiger partial charge on any atom is -0.481 e. The van der Waals surface area contributed by atoms with Crippen LogP contribution in [0.25, 0.3) is 0 Å². The maximum atomic E-state index is 11.7. The first-order chi connectivity index (χ1) is 9.36. The lowest BCUT2D eigenvalue weighted by atomic mass is 9.95. The molecular weight excluding hydrogens is 262 g/mol. The zero-order valence-electron chi connectivity index (χ0n) is 12.0. The molecule has 1 aliphatic heterocycles. The smallest absolute Gasteiger partial charge is 0.321 e. The van der Waals surface area contributed by atoms with Crippen LogP contribution in [0, 0.1) is 5.92 Å². The molecule has 3 amide bonds. The van der Waals surface area contributed by atoms with Crippen LogP contribution in [0.3, 0.4) is 0 Å². The van der Waals surface area contributed by atoms with Crippen molar-refractivity contribution in [1.29, 1.82) is 0 Å². The van der Waals surface area contributed by atoms with Gasteiger partial charge in [0.05, 0.1) is 6.54 Å². The summed E-state index contributed by atoms with van der Waals surface area (Å²) in [6, 6.07) is -0.526. The molecule has 1 aliphatic rings. The number of piperidine rings is 1. The number of amides is 3. The summed E-state index contributed by atoms with van der Waals surface area (Å²) in [5.74, 6) is -1.09. The fourth-order valence-electron chi connectivity index (χ4n) is 2.38. The largest absolute Gasteiger partial charge is 0.481 e. The molecule has 7 heteroatoms. The highest BCUT2D eigenvalue weighted by atomic mass is 16.4. The maximum Gasteiger partial charge on any atom is 0.321 e. The minimum atomic E-state index is -0.808. The number of hydrogen-bond acceptors (Lipinski definition) is 4. The standard InChI is InChI=1S/C13H23N3O4/c1-9(2)14-13(20)15-11(17)8-16-5-3-4-10(7-16)6-12(18)19/h9-10H,3-8H2,1-2H3,(H,18,19)(H2,14,15,17,20). The van der Waals surface area contributed by atoms with Crippen LogP contribution < -0.4 is 10.6 Å². The van der Waals surface area contributed by atoms with E-state index in [0.29, 0.717) is 6.54 Å². The molecule has 0 spiro atoms. The Labute approximate surface area is 118 Å². The average molecular weight is 285 g/mol. The van der Waals surface area contributed by atoms with E-state index in [1.54, 1.807) is 0 Å². The van der Waals surface area contributed by atoms with Gasteiger partial charge in [-0.25, -0.2) is 4.79 Å². The number of nitrogens with one attached hydrogen (secondary N) is 2. The second-order valence-corrected chi connectivity index (χ2v) is 5.52. The van der Waals surface area contributed by atoms with Crippen molar-refractivity contribution in [2.75, 3.05) is 19.6 Å². The number of carboxylic acids is 1. The Morgan fingerprint density at radius 3 is 2.65 bits per heavy atom. The summed E-state index contributed by atoms with van der Waals surface area (Å²) in [7, 11) is 0. The molecule has 0 bridgehead atoms. The van der Waals surface area contributed by atoms with Gasteiger partial charge in [-0.3, -0.25) is 19.8 Å². The van der Waals surface area contributed by atoms with Crippen LogP contribution in [0.5, 0.6) is 0 Å². The fraction of sp³-hybridized carbons (Fsp3) is 0.769. The molecule has 0 saturated carbocycles. The number of aliphatic carboxylic acids is 1. The lowest BCUT2D eigenvalue weighted by Crippen LogP contribution is -2.48. The molecule has 114 valence electrons. The third-order valence-corrected chi connectivity index (χ3v) is 3.11. The summed E-state index contributed by atoms with van der Waals surface area (Å²) in [4.78, 5) is 35.7. The van der Waals surface area contributed by atoms with Gasteiger partial charge in [0.1, 0.15) is 0 Å². The highest BCUT2D eigenvalue weighted by molar-refractivity contribution is 5.95. The van der Waals surface area contributed by atoms with Crippen LogP contribution in [-0.4, -0.2) is 53.6 Å². The van der Waals surface area contributed by atoms with Crippen molar-refractivity contribution in [3.05, 3.63) is 0 Å². The van der Waals surface area contributed by atoms with Crippen LogP contribution in [0.2, 0.25) is 0 Å². The van der Waals surface area contributed by atoms with Gasteiger partial charge < -0.3 is 10.4 Å². The van der Waals surface area contributed by atoms with Crippen LogP contribution in [0.4, 0.5) is 4.79 Å². The number of nitrogens with zero attached hydrogens (tertiary/aromatic N) is 1. The summed E-state index contributed by atoms with van der Waals surface area (Å²) < 4.78 is 0. The molecule has 1 heterocycles. The van der Waals surface area contributed by atoms with Gasteiger partial charge >= 0.3 is 12.0 Å². The van der Waals surface area contributed by atoms with E-state index in [1.165, 1.54) is 0 Å². The molecular formula is C13H23N3O4. The van der Waals surface area contributed by atoms with E-state index >= 15 is 0 Å². The number of rotatable bonds is 5. The van der Waals surface area contributed by atoms with Crippen molar-refractivity contribution < 1.29 is 19.5 Å². The van der Waals surface area contributed by atoms with E-state index in [0.717, 1.165) is 19.4 Å². The Bertz CT molecular complexity index is 371. The van der Waals surface area contributed by atoms with Gasteiger partial charge in [-0.05, 0) is 39.2 Å². The zero-order valence-corrected chi connectivity index (χ0v) is 12.0. The van der Waals surface area contributed by atoms with Gasteiger partial charge in [0.2, 0.25) is 5.91 Å². The van der Waals surface area contributed by atoms with Crippen molar-refractivity contribution in [3.63, 3.8) is 0 Å². The SMILES string of the molecule is CC(C)NC(=O)NC(=O)CN1CCCC(CC(=O)O)C1. The molecule has 20 heavy (non-hydrogen) atoms. The number of hydrogen-bond donors (Lipinski definition) is 3. The molecule has 7 nitrogen and oxygen atoms in total. The van der Waals surface area contributed by atoms with Crippen molar-refractivity contribution in [3.8, 4) is 0 Å². The maximum absolute atomic E-state index is 11.7. The molecule has 0 radical (unpaired) electrons. The van der Waals surface area contributed by atoms with Crippen LogP contribution >= 0.6 is 0 Å². The first kappa shape index (κ1) is 16.4. The first-order valence-electron chi connectivity index (χ1n) is 6.91. The van der Waals surface area contributed by atoms with E-state index in [2.05, 4.69) is 10.6 Å². The number of urea groups is 1. The fourth-order valence-corrected chi connectivity index (χ4v) is 2.38. The number of carboxylic acid groups (broad SMARTS) is 1. The highest BCUT2D eigenvalue weighted by Crippen LogP contribution is 2.19. The van der Waals surface area contributed by atoms with E-state index in [1.807, 2.05) is 18.7 Å². The van der Waals surface area contributed by atoms with E-state index < -0.39 is 12.0 Å². The van der Waals surface area contributed by atoms with Gasteiger partial charge in [-0.2, -0.15) is 0 Å². The first-order valence-corrected chi connectivity index (χ1v) is 6.91. The third-order valence-electron chi connectivity index (χ3n) is 3.11. The highest BCUT2D eigenvalue weighted by Gasteiger charge is 2.23. The lowest BCUT2D eigenvalue weighted by Gasteiger charge is -2.31. The predicted molar refractivity (Wildman–Crippen MR) is 73.2 cm³/mol. The summed E-state index contributed by atoms with van der Waals surface area (Å²) in [6.45, 7) is 5.10. The van der Waals surface area contributed by atoms with Gasteiger partial charge in [0, 0.05) is 19.0 Å². The molecule has 1 saturated heterocycles. The molecule has 1 fully saturated rings. The number of carbonyl (C=O) groups is 3. The number of likely N-dealkylation sites (tertiary alicyclic amines) is 1. The van der Waals surface area contributed by atoms with Gasteiger partial charge in [0.15, 0.2) is 0 Å². The van der Waals surface area contributed by atoms with Gasteiger partial charge in [-0.1, -0.05) is 0 Å². The van der Waals surface area contributed by atoms with Gasteiger partial charge in [0.25, 0.3) is 0 Å². The Morgan fingerprint density at radius 2 is 2.05 bits per heavy atom. The van der Waals surface area contributed by atoms with E-state index in [4.69, 9.17) is 5.11 Å². The summed E-state index contributed by atoms with van der Waals surface area (Å²) in [5.41, 5.74) is 0. The second kappa shape index (κ2) is 7.84. The molecule has 1 atom stereocenters. The third kappa shape index (κ3) is 6.51. The molecule has 0 aromatic heterocycles. The molecule has 0 aromatic rings. The summed E-state index contributed by atoms with van der Waals surface area (Å²) >= 11 is 0.